The van der Waals surface area contributed by atoms with Gasteiger partial charge in [-0.25, -0.2) is 0 Å². The van der Waals surface area contributed by atoms with Gasteiger partial charge in [-0.15, -0.1) is 10.2 Å². The molecule has 1 aliphatic rings. The van der Waals surface area contributed by atoms with Gasteiger partial charge in [-0.05, 0) is 31.5 Å². The van der Waals surface area contributed by atoms with Crippen molar-refractivity contribution in [2.45, 2.75) is 26.4 Å². The van der Waals surface area contributed by atoms with Gasteiger partial charge < -0.3 is 15.0 Å². The van der Waals surface area contributed by atoms with Crippen molar-refractivity contribution in [3.63, 3.8) is 0 Å². The first-order valence-electron chi connectivity index (χ1n) is 9.86. The molecule has 0 unspecified atom stereocenters. The number of carbonyl (C=O) groups excluding carboxylic acids is 1. The number of hydrogen-bond donors (Lipinski definition) is 1. The monoisotopic (exact) mass is 383 g/mol. The lowest BCUT2D eigenvalue weighted by Gasteiger charge is -2.27. The molecular weight excluding hydrogens is 354 g/mol. The van der Waals surface area contributed by atoms with E-state index >= 15 is 0 Å². The first-order valence-corrected chi connectivity index (χ1v) is 9.86. The number of carbonyl (C=O) groups is 1. The van der Waals surface area contributed by atoms with E-state index in [0.29, 0.717) is 12.2 Å². The Morgan fingerprint density at radius 3 is 2.54 bits per heavy atom. The predicted octanol–water partition coefficient (Wildman–Crippen LogP) is 1.95. The van der Waals surface area contributed by atoms with Crippen molar-refractivity contribution >= 4 is 11.7 Å². The van der Waals surface area contributed by atoms with Crippen LogP contribution in [-0.2, 0) is 11.3 Å². The first kappa shape index (κ1) is 20.2. The Bertz CT molecular complexity index is 730. The van der Waals surface area contributed by atoms with Gasteiger partial charge in [0.25, 0.3) is 5.91 Å². The highest BCUT2D eigenvalue weighted by Gasteiger charge is 2.15. The summed E-state index contributed by atoms with van der Waals surface area (Å²) in [5, 5.41) is 11.4. The van der Waals surface area contributed by atoms with E-state index in [2.05, 4.69) is 51.3 Å². The minimum Gasteiger partial charge on any atom is -0.379 e. The maximum atomic E-state index is 12.3. The number of nitrogens with zero attached hydrogens (tertiary/aromatic N) is 4. The summed E-state index contributed by atoms with van der Waals surface area (Å²) in [5.41, 5.74) is 1.55. The summed E-state index contributed by atoms with van der Waals surface area (Å²) in [5.74, 6) is 0.579. The number of morpholine rings is 1. The molecule has 1 aliphatic heterocycles. The topological polar surface area (TPSA) is 70.6 Å². The van der Waals surface area contributed by atoms with Crippen molar-refractivity contribution in [1.82, 2.24) is 20.4 Å². The SMILES string of the molecule is CC(C)N(Cc1ccccc1)c1ccc(C(=O)NCCN2CCOCC2)nn1. The molecule has 150 valence electrons. The maximum absolute atomic E-state index is 12.3. The molecule has 2 aromatic rings. The van der Waals surface area contributed by atoms with E-state index in [9.17, 15) is 4.79 Å². The van der Waals surface area contributed by atoms with Gasteiger partial charge in [-0.3, -0.25) is 9.69 Å². The number of benzene rings is 1. The summed E-state index contributed by atoms with van der Waals surface area (Å²) in [7, 11) is 0. The molecule has 0 spiro atoms. The molecule has 1 fully saturated rings. The molecule has 1 aromatic carbocycles. The highest BCUT2D eigenvalue weighted by molar-refractivity contribution is 5.92. The third-order valence-electron chi connectivity index (χ3n) is 4.81. The van der Waals surface area contributed by atoms with E-state index in [0.717, 1.165) is 45.2 Å². The number of anilines is 1. The van der Waals surface area contributed by atoms with Crippen molar-refractivity contribution in [2.75, 3.05) is 44.3 Å². The highest BCUT2D eigenvalue weighted by atomic mass is 16.5. The molecule has 1 N–H and O–H groups in total. The fourth-order valence-electron chi connectivity index (χ4n) is 3.15. The zero-order valence-electron chi connectivity index (χ0n) is 16.7. The molecular formula is C21H29N5O2. The lowest BCUT2D eigenvalue weighted by atomic mass is 10.2. The number of hydrogen-bond acceptors (Lipinski definition) is 6. The molecule has 0 bridgehead atoms. The third kappa shape index (κ3) is 5.74. The van der Waals surface area contributed by atoms with E-state index in [1.807, 2.05) is 24.3 Å². The van der Waals surface area contributed by atoms with Crippen LogP contribution in [0, 0.1) is 0 Å². The van der Waals surface area contributed by atoms with Crippen LogP contribution in [0.2, 0.25) is 0 Å². The summed E-state index contributed by atoms with van der Waals surface area (Å²) in [6.45, 7) is 9.75. The van der Waals surface area contributed by atoms with Gasteiger partial charge in [-0.2, -0.15) is 0 Å². The van der Waals surface area contributed by atoms with Gasteiger partial charge in [0.2, 0.25) is 0 Å². The highest BCUT2D eigenvalue weighted by Crippen LogP contribution is 2.17. The Morgan fingerprint density at radius 1 is 1.14 bits per heavy atom. The van der Waals surface area contributed by atoms with Crippen LogP contribution in [0.15, 0.2) is 42.5 Å². The molecule has 28 heavy (non-hydrogen) atoms. The lowest BCUT2D eigenvalue weighted by molar-refractivity contribution is 0.0383. The number of amides is 1. The largest absolute Gasteiger partial charge is 0.379 e. The van der Waals surface area contributed by atoms with E-state index in [1.165, 1.54) is 5.56 Å². The molecule has 0 radical (unpaired) electrons. The maximum Gasteiger partial charge on any atom is 0.271 e. The van der Waals surface area contributed by atoms with Gasteiger partial charge in [0.15, 0.2) is 11.5 Å². The molecule has 0 aliphatic carbocycles. The first-order chi connectivity index (χ1) is 13.6. The zero-order valence-corrected chi connectivity index (χ0v) is 16.7. The smallest absolute Gasteiger partial charge is 0.271 e. The van der Waals surface area contributed by atoms with Crippen LogP contribution in [0.5, 0.6) is 0 Å². The Morgan fingerprint density at radius 2 is 1.89 bits per heavy atom. The van der Waals surface area contributed by atoms with E-state index in [-0.39, 0.29) is 11.9 Å². The van der Waals surface area contributed by atoms with Crippen molar-refractivity contribution in [3.05, 3.63) is 53.7 Å². The summed E-state index contributed by atoms with van der Waals surface area (Å²) >= 11 is 0. The Balaban J connectivity index is 1.55. The van der Waals surface area contributed by atoms with Gasteiger partial charge in [0.05, 0.1) is 13.2 Å². The minimum absolute atomic E-state index is 0.188. The molecule has 1 saturated heterocycles. The zero-order chi connectivity index (χ0) is 19.8. The Labute approximate surface area is 166 Å². The van der Waals surface area contributed by atoms with Crippen molar-refractivity contribution in [3.8, 4) is 0 Å². The third-order valence-corrected chi connectivity index (χ3v) is 4.81. The molecule has 7 nitrogen and oxygen atoms in total. The summed E-state index contributed by atoms with van der Waals surface area (Å²) < 4.78 is 5.33. The number of nitrogens with one attached hydrogen (secondary N) is 1. The van der Waals surface area contributed by atoms with E-state index < -0.39 is 0 Å². The van der Waals surface area contributed by atoms with Gasteiger partial charge in [0.1, 0.15) is 0 Å². The van der Waals surface area contributed by atoms with Gasteiger partial charge in [-0.1, -0.05) is 30.3 Å². The van der Waals surface area contributed by atoms with Crippen LogP contribution in [0.25, 0.3) is 0 Å². The second-order valence-electron chi connectivity index (χ2n) is 7.19. The fourth-order valence-corrected chi connectivity index (χ4v) is 3.15. The average molecular weight is 383 g/mol. The lowest BCUT2D eigenvalue weighted by Crippen LogP contribution is -2.41. The summed E-state index contributed by atoms with van der Waals surface area (Å²) in [4.78, 5) is 16.8. The summed E-state index contributed by atoms with van der Waals surface area (Å²) in [6, 6.07) is 14.1. The molecule has 3 rings (SSSR count). The van der Waals surface area contributed by atoms with Crippen LogP contribution in [-0.4, -0.2) is 66.4 Å². The molecule has 7 heteroatoms. The normalized spacial score (nSPS) is 14.8. The van der Waals surface area contributed by atoms with Crippen LogP contribution < -0.4 is 10.2 Å². The fraction of sp³-hybridized carbons (Fsp3) is 0.476. The van der Waals surface area contributed by atoms with Crippen molar-refractivity contribution < 1.29 is 9.53 Å². The molecule has 1 amide bonds. The number of ether oxygens (including phenoxy) is 1. The van der Waals surface area contributed by atoms with Crippen LogP contribution in [0.1, 0.15) is 29.9 Å². The van der Waals surface area contributed by atoms with Crippen LogP contribution >= 0.6 is 0 Å². The standard InChI is InChI=1S/C21H29N5O2/c1-17(2)26(16-18-6-4-3-5-7-18)20-9-8-19(23-24-20)21(27)22-10-11-25-12-14-28-15-13-25/h3-9,17H,10-16H2,1-2H3,(H,22,27). The molecule has 0 saturated carbocycles. The molecule has 1 aromatic heterocycles. The van der Waals surface area contributed by atoms with Gasteiger partial charge in [0, 0.05) is 38.8 Å². The molecule has 2 heterocycles. The van der Waals surface area contributed by atoms with Crippen molar-refractivity contribution in [2.24, 2.45) is 0 Å². The van der Waals surface area contributed by atoms with E-state index in [4.69, 9.17) is 4.74 Å². The average Bonchev–Trinajstić information content (AvgIpc) is 2.73. The van der Waals surface area contributed by atoms with Crippen LogP contribution in [0.3, 0.4) is 0 Å². The van der Waals surface area contributed by atoms with Crippen molar-refractivity contribution in [1.29, 1.82) is 0 Å². The minimum atomic E-state index is -0.188. The Kier molecular flexibility index (Phi) is 7.33. The second kappa shape index (κ2) is 10.1. The number of aromatic nitrogens is 2. The quantitative estimate of drug-likeness (QED) is 0.751. The number of rotatable bonds is 8. The predicted molar refractivity (Wildman–Crippen MR) is 109 cm³/mol. The Hall–Kier alpha value is -2.51. The van der Waals surface area contributed by atoms with Crippen LogP contribution in [0.4, 0.5) is 5.82 Å². The summed E-state index contributed by atoms with van der Waals surface area (Å²) in [6.07, 6.45) is 0. The van der Waals surface area contributed by atoms with E-state index in [1.54, 1.807) is 6.07 Å². The second-order valence-corrected chi connectivity index (χ2v) is 7.19. The molecule has 0 atom stereocenters. The van der Waals surface area contributed by atoms with Gasteiger partial charge >= 0.3 is 0 Å².